The quantitative estimate of drug-likeness (QED) is 0.246. The van der Waals surface area contributed by atoms with Gasteiger partial charge in [0.25, 0.3) is 0 Å². The van der Waals surface area contributed by atoms with Crippen LogP contribution in [-0.2, 0) is 19.3 Å². The molecule has 3 nitrogen and oxygen atoms in total. The van der Waals surface area contributed by atoms with Crippen LogP contribution in [0.25, 0.3) is 0 Å². The van der Waals surface area contributed by atoms with Gasteiger partial charge in [-0.3, -0.25) is 0 Å². The van der Waals surface area contributed by atoms with Crippen molar-refractivity contribution in [2.75, 3.05) is 0 Å². The third-order valence-electron chi connectivity index (χ3n) is 8.13. The van der Waals surface area contributed by atoms with Crippen LogP contribution in [-0.4, -0.2) is 15.3 Å². The van der Waals surface area contributed by atoms with Crippen LogP contribution >= 0.6 is 0 Å². The van der Waals surface area contributed by atoms with Gasteiger partial charge in [0.1, 0.15) is 17.2 Å². The molecule has 3 N–H and O–H groups in total. The highest BCUT2D eigenvalue weighted by Crippen LogP contribution is 2.39. The molecule has 256 valence electrons. The largest absolute Gasteiger partial charge is 0.508 e. The lowest BCUT2D eigenvalue weighted by atomic mass is 9.85. The van der Waals surface area contributed by atoms with Crippen molar-refractivity contribution in [3.8, 4) is 17.2 Å². The molecule has 0 saturated heterocycles. The zero-order chi connectivity index (χ0) is 35.3. The van der Waals surface area contributed by atoms with Gasteiger partial charge in [-0.1, -0.05) is 113 Å². The maximum Gasteiger partial charge on any atom is 0.122 e. The van der Waals surface area contributed by atoms with E-state index in [1.54, 1.807) is 12.1 Å². The fraction of sp³-hybridized carbons (Fsp3) is 0.571. The molecule has 0 amide bonds. The number of phenols is 3. The van der Waals surface area contributed by atoms with E-state index in [1.807, 2.05) is 19.1 Å². The summed E-state index contributed by atoms with van der Waals surface area (Å²) in [5.41, 5.74) is 10.8. The number of hydrogen-bond acceptors (Lipinski definition) is 3. The minimum atomic E-state index is 0.338. The molecule has 0 bridgehead atoms. The zero-order valence-electron chi connectivity index (χ0n) is 31.9. The number of aromatic hydroxyl groups is 3. The Kier molecular flexibility index (Phi) is 23.9. The Hall–Kier alpha value is -2.94. The summed E-state index contributed by atoms with van der Waals surface area (Å²) < 4.78 is 0. The van der Waals surface area contributed by atoms with E-state index in [-0.39, 0.29) is 0 Å². The topological polar surface area (TPSA) is 60.7 Å². The highest BCUT2D eigenvalue weighted by molar-refractivity contribution is 5.52. The molecule has 0 aromatic heterocycles. The van der Waals surface area contributed by atoms with Crippen molar-refractivity contribution in [1.29, 1.82) is 0 Å². The number of phenolic OH excluding ortho intramolecular Hbond substituents is 3. The Labute approximate surface area is 279 Å². The maximum atomic E-state index is 10.5. The van der Waals surface area contributed by atoms with E-state index in [1.165, 1.54) is 35.1 Å². The second-order valence-electron chi connectivity index (χ2n) is 12.2. The van der Waals surface area contributed by atoms with Gasteiger partial charge >= 0.3 is 0 Å². The van der Waals surface area contributed by atoms with E-state index in [9.17, 15) is 10.2 Å². The maximum absolute atomic E-state index is 10.5. The Morgan fingerprint density at radius 1 is 0.578 bits per heavy atom. The molecule has 0 aliphatic carbocycles. The van der Waals surface area contributed by atoms with Crippen molar-refractivity contribution >= 4 is 0 Å². The fourth-order valence-electron chi connectivity index (χ4n) is 5.01. The SMILES string of the molecule is CCC.CCC.CCC(C)c1cc(C)c(C)c(C(C)CC)c1O.CCc1cc(CC)c(O)c(CC)c1C.Cc1cccc(O)c1. The van der Waals surface area contributed by atoms with Crippen LogP contribution in [0.3, 0.4) is 0 Å². The van der Waals surface area contributed by atoms with Gasteiger partial charge in [-0.15, -0.1) is 0 Å². The van der Waals surface area contributed by atoms with Gasteiger partial charge < -0.3 is 15.3 Å². The lowest BCUT2D eigenvalue weighted by molar-refractivity contribution is 0.447. The highest BCUT2D eigenvalue weighted by atomic mass is 16.3. The van der Waals surface area contributed by atoms with Gasteiger partial charge in [-0.2, -0.15) is 0 Å². The van der Waals surface area contributed by atoms with Crippen LogP contribution in [0.2, 0.25) is 0 Å². The van der Waals surface area contributed by atoms with Gasteiger partial charge in [0, 0.05) is 5.56 Å². The summed E-state index contributed by atoms with van der Waals surface area (Å²) in [6.45, 7) is 31.9. The molecule has 3 heteroatoms. The summed E-state index contributed by atoms with van der Waals surface area (Å²) in [5, 5.41) is 29.3. The predicted molar refractivity (Wildman–Crippen MR) is 201 cm³/mol. The van der Waals surface area contributed by atoms with E-state index >= 15 is 0 Å². The summed E-state index contributed by atoms with van der Waals surface area (Å²) in [4.78, 5) is 0. The number of rotatable bonds is 7. The number of aryl methyl sites for hydroxylation is 4. The molecular formula is C42H70O3. The van der Waals surface area contributed by atoms with Crippen LogP contribution in [0.15, 0.2) is 36.4 Å². The van der Waals surface area contributed by atoms with Crippen LogP contribution in [0.5, 0.6) is 17.2 Å². The second kappa shape index (κ2) is 24.3. The normalized spacial score (nSPS) is 11.3. The average molecular weight is 623 g/mol. The first-order valence-electron chi connectivity index (χ1n) is 17.6. The molecule has 2 atom stereocenters. The number of benzene rings is 3. The fourth-order valence-corrected chi connectivity index (χ4v) is 5.01. The van der Waals surface area contributed by atoms with Crippen molar-refractivity contribution in [2.24, 2.45) is 0 Å². The smallest absolute Gasteiger partial charge is 0.122 e. The van der Waals surface area contributed by atoms with Gasteiger partial charge in [0.15, 0.2) is 0 Å². The Bertz CT molecular complexity index is 1180. The van der Waals surface area contributed by atoms with Gasteiger partial charge in [0.2, 0.25) is 0 Å². The minimum absolute atomic E-state index is 0.338. The molecule has 0 heterocycles. The van der Waals surface area contributed by atoms with Gasteiger partial charge in [-0.05, 0) is 128 Å². The van der Waals surface area contributed by atoms with Crippen LogP contribution < -0.4 is 0 Å². The van der Waals surface area contributed by atoms with E-state index < -0.39 is 0 Å². The van der Waals surface area contributed by atoms with Crippen molar-refractivity contribution in [2.45, 2.75) is 161 Å². The number of hydrogen-bond donors (Lipinski definition) is 3. The summed E-state index contributed by atoms with van der Waals surface area (Å²) in [6.07, 6.45) is 7.50. The molecule has 0 aliphatic rings. The van der Waals surface area contributed by atoms with Crippen LogP contribution in [0, 0.1) is 27.7 Å². The molecule has 3 aromatic rings. The van der Waals surface area contributed by atoms with E-state index in [4.69, 9.17) is 5.11 Å². The molecule has 0 saturated carbocycles. The standard InChI is InChI=1S/C16H26O.C13H20O.C7H8O.2C3H8/c1-7-10(3)14-9-12(5)13(6)15(16(14)17)11(4)8-2;1-5-10-8-11(6-2)13(14)12(7-3)9(10)4;1-6-3-2-4-7(8)5-6;2*1-3-2/h9-11,17H,7-8H2,1-6H3;8,14H,5-7H2,1-4H3;2-5,8H,1H3;2*3H2,1-2H3. The lowest BCUT2D eigenvalue weighted by Crippen LogP contribution is -2.03. The third-order valence-corrected chi connectivity index (χ3v) is 8.13. The van der Waals surface area contributed by atoms with Gasteiger partial charge in [-0.25, -0.2) is 0 Å². The molecule has 0 radical (unpaired) electrons. The minimum Gasteiger partial charge on any atom is -0.508 e. The highest BCUT2D eigenvalue weighted by Gasteiger charge is 2.19. The Balaban J connectivity index is 0. The molecular weight excluding hydrogens is 552 g/mol. The summed E-state index contributed by atoms with van der Waals surface area (Å²) in [6, 6.07) is 11.5. The van der Waals surface area contributed by atoms with Crippen molar-refractivity contribution in [1.82, 2.24) is 0 Å². The monoisotopic (exact) mass is 623 g/mol. The molecule has 0 spiro atoms. The molecule has 3 aromatic carbocycles. The zero-order valence-corrected chi connectivity index (χ0v) is 31.9. The third kappa shape index (κ3) is 14.8. The first-order valence-corrected chi connectivity index (χ1v) is 17.6. The first-order chi connectivity index (χ1) is 21.2. The molecule has 0 aliphatic heterocycles. The van der Waals surface area contributed by atoms with Gasteiger partial charge in [0.05, 0.1) is 0 Å². The van der Waals surface area contributed by atoms with Crippen molar-refractivity contribution < 1.29 is 15.3 Å². The van der Waals surface area contributed by atoms with E-state index in [0.717, 1.165) is 59.9 Å². The summed E-state index contributed by atoms with van der Waals surface area (Å²) in [7, 11) is 0. The van der Waals surface area contributed by atoms with E-state index in [2.05, 4.69) is 109 Å². The van der Waals surface area contributed by atoms with Crippen LogP contribution in [0.4, 0.5) is 0 Å². The van der Waals surface area contributed by atoms with E-state index in [0.29, 0.717) is 29.1 Å². The van der Waals surface area contributed by atoms with Crippen LogP contribution in [0.1, 0.15) is 164 Å². The molecule has 3 rings (SSSR count). The molecule has 0 fully saturated rings. The Morgan fingerprint density at radius 3 is 1.47 bits per heavy atom. The molecule has 45 heavy (non-hydrogen) atoms. The van der Waals surface area contributed by atoms with Crippen molar-refractivity contribution in [3.63, 3.8) is 0 Å². The second-order valence-corrected chi connectivity index (χ2v) is 12.2. The molecule has 2 unspecified atom stereocenters. The predicted octanol–water partition coefficient (Wildman–Crippen LogP) is 13.0. The summed E-state index contributed by atoms with van der Waals surface area (Å²) >= 11 is 0. The Morgan fingerprint density at radius 2 is 1.09 bits per heavy atom. The lowest BCUT2D eigenvalue weighted by Gasteiger charge is -2.22. The summed E-state index contributed by atoms with van der Waals surface area (Å²) in [5.74, 6) is 2.25. The first kappa shape index (κ1) is 44.2. The average Bonchev–Trinajstić information content (AvgIpc) is 3.00. The van der Waals surface area contributed by atoms with Crippen molar-refractivity contribution in [3.05, 3.63) is 86.5 Å².